The van der Waals surface area contributed by atoms with Crippen LogP contribution >= 0.6 is 0 Å². The molecule has 0 saturated carbocycles. The van der Waals surface area contributed by atoms with Crippen molar-refractivity contribution in [2.24, 2.45) is 11.3 Å². The Kier molecular flexibility index (Phi) is 2.06. The fourth-order valence-electron chi connectivity index (χ4n) is 1.25. The van der Waals surface area contributed by atoms with E-state index < -0.39 is 0 Å². The van der Waals surface area contributed by atoms with Gasteiger partial charge in [-0.2, -0.15) is 0 Å². The molecule has 0 amide bonds. The first-order valence-corrected chi connectivity index (χ1v) is 4.11. The lowest BCUT2D eigenvalue weighted by Crippen LogP contribution is -2.12. The maximum absolute atomic E-state index is 3.77. The summed E-state index contributed by atoms with van der Waals surface area (Å²) in [6.07, 6.45) is 5.20. The highest BCUT2D eigenvalue weighted by molar-refractivity contribution is 5.27. The Hall–Kier alpha value is -0.740. The lowest BCUT2D eigenvalue weighted by Gasteiger charge is -2.24. The predicted octanol–water partition coefficient (Wildman–Crippen LogP) is 3.32. The second kappa shape index (κ2) is 2.71. The van der Waals surface area contributed by atoms with Gasteiger partial charge in [-0.25, -0.2) is 0 Å². The minimum atomic E-state index is 0.387. The average molecular weight is 148 g/mol. The van der Waals surface area contributed by atoms with Crippen LogP contribution in [0.25, 0.3) is 0 Å². The molecule has 1 unspecified atom stereocenters. The first-order valence-electron chi connectivity index (χ1n) is 4.11. The van der Waals surface area contributed by atoms with Crippen molar-refractivity contribution in [2.45, 2.75) is 27.2 Å². The SMILES string of the molecule is C=CC1C=C=C1CC(C)(C)C. The van der Waals surface area contributed by atoms with E-state index in [1.165, 1.54) is 5.57 Å². The van der Waals surface area contributed by atoms with Gasteiger partial charge < -0.3 is 0 Å². The summed E-state index contributed by atoms with van der Waals surface area (Å²) >= 11 is 0. The molecule has 0 aromatic heterocycles. The summed E-state index contributed by atoms with van der Waals surface area (Å²) in [5.41, 5.74) is 5.02. The molecule has 1 aliphatic rings. The topological polar surface area (TPSA) is 0 Å². The van der Waals surface area contributed by atoms with Crippen molar-refractivity contribution in [3.8, 4) is 0 Å². The zero-order valence-corrected chi connectivity index (χ0v) is 7.65. The highest BCUT2D eigenvalue weighted by Crippen LogP contribution is 2.32. The van der Waals surface area contributed by atoms with Gasteiger partial charge in [0.25, 0.3) is 0 Å². The maximum Gasteiger partial charge on any atom is 0.0306 e. The molecule has 0 saturated heterocycles. The minimum Gasteiger partial charge on any atom is -0.124 e. The van der Waals surface area contributed by atoms with Crippen molar-refractivity contribution < 1.29 is 0 Å². The van der Waals surface area contributed by atoms with Crippen molar-refractivity contribution in [3.05, 3.63) is 30.0 Å². The van der Waals surface area contributed by atoms with Crippen LogP contribution in [0.1, 0.15) is 27.2 Å². The molecule has 0 heteroatoms. The fourth-order valence-corrected chi connectivity index (χ4v) is 1.25. The number of rotatable bonds is 2. The molecule has 0 N–H and O–H groups in total. The highest BCUT2D eigenvalue weighted by atomic mass is 14.2. The van der Waals surface area contributed by atoms with E-state index in [-0.39, 0.29) is 0 Å². The summed E-state index contributed by atoms with van der Waals surface area (Å²) < 4.78 is 0. The molecule has 11 heavy (non-hydrogen) atoms. The molecule has 1 rings (SSSR count). The Morgan fingerprint density at radius 2 is 2.27 bits per heavy atom. The molecule has 0 nitrogen and oxygen atoms in total. The van der Waals surface area contributed by atoms with Crippen LogP contribution in [0.2, 0.25) is 0 Å². The molecular formula is C11H16. The molecule has 1 atom stereocenters. The van der Waals surface area contributed by atoms with E-state index in [0.29, 0.717) is 11.3 Å². The van der Waals surface area contributed by atoms with Crippen molar-refractivity contribution in [1.29, 1.82) is 0 Å². The second-order valence-corrected chi connectivity index (χ2v) is 4.34. The second-order valence-electron chi connectivity index (χ2n) is 4.34. The molecule has 60 valence electrons. The molecule has 1 aliphatic carbocycles. The van der Waals surface area contributed by atoms with Gasteiger partial charge in [0.2, 0.25) is 0 Å². The van der Waals surface area contributed by atoms with E-state index in [2.05, 4.69) is 39.2 Å². The lowest BCUT2D eigenvalue weighted by atomic mass is 9.80. The van der Waals surface area contributed by atoms with E-state index in [1.807, 2.05) is 6.08 Å². The summed E-state index contributed by atoms with van der Waals surface area (Å²) in [7, 11) is 0. The van der Waals surface area contributed by atoms with Crippen molar-refractivity contribution in [2.75, 3.05) is 0 Å². The molecule has 0 heterocycles. The van der Waals surface area contributed by atoms with Gasteiger partial charge >= 0.3 is 0 Å². The van der Waals surface area contributed by atoms with Gasteiger partial charge in [0.1, 0.15) is 0 Å². The van der Waals surface area contributed by atoms with E-state index >= 15 is 0 Å². The number of hydrogen-bond donors (Lipinski definition) is 0. The number of allylic oxidation sites excluding steroid dienone is 2. The van der Waals surface area contributed by atoms with Crippen LogP contribution in [-0.2, 0) is 0 Å². The largest absolute Gasteiger partial charge is 0.124 e. The standard InChI is InChI=1S/C11H16/c1-5-9-6-7-10(9)8-11(2,3)4/h5-6,9H,1,8H2,2-4H3. The zero-order valence-electron chi connectivity index (χ0n) is 7.65. The molecule has 0 spiro atoms. The lowest BCUT2D eigenvalue weighted by molar-refractivity contribution is 0.399. The van der Waals surface area contributed by atoms with Crippen LogP contribution in [0.15, 0.2) is 30.0 Å². The molecule has 0 radical (unpaired) electrons. The molecule has 0 fully saturated rings. The molecule has 0 aromatic carbocycles. The fraction of sp³-hybridized carbons (Fsp3) is 0.545. The molecule has 0 bridgehead atoms. The zero-order chi connectivity index (χ0) is 8.48. The summed E-state index contributed by atoms with van der Waals surface area (Å²) in [5.74, 6) is 0.509. The quantitative estimate of drug-likeness (QED) is 0.416. The Labute approximate surface area is 69.3 Å². The molecule has 0 aliphatic heterocycles. The summed E-state index contributed by atoms with van der Waals surface area (Å²) in [5, 5.41) is 0. The Morgan fingerprint density at radius 3 is 2.55 bits per heavy atom. The van der Waals surface area contributed by atoms with Gasteiger partial charge in [-0.1, -0.05) is 26.8 Å². The summed E-state index contributed by atoms with van der Waals surface area (Å²) in [6, 6.07) is 0. The van der Waals surface area contributed by atoms with Crippen LogP contribution < -0.4 is 0 Å². The van der Waals surface area contributed by atoms with Crippen LogP contribution in [0.5, 0.6) is 0 Å². The van der Waals surface area contributed by atoms with Gasteiger partial charge in [-0.15, -0.1) is 12.3 Å². The molecule has 0 aromatic rings. The predicted molar refractivity (Wildman–Crippen MR) is 49.4 cm³/mol. The smallest absolute Gasteiger partial charge is 0.0306 e. The Balaban J connectivity index is 2.53. The van der Waals surface area contributed by atoms with Gasteiger partial charge in [-0.05, 0) is 23.5 Å². The average Bonchev–Trinajstić information content (AvgIpc) is 1.80. The van der Waals surface area contributed by atoms with E-state index in [1.54, 1.807) is 0 Å². The van der Waals surface area contributed by atoms with Crippen LogP contribution in [0.4, 0.5) is 0 Å². The third kappa shape index (κ3) is 2.10. The van der Waals surface area contributed by atoms with Gasteiger partial charge in [0.05, 0.1) is 0 Å². The Bertz CT molecular complexity index is 219. The summed E-state index contributed by atoms with van der Waals surface area (Å²) in [6.45, 7) is 10.5. The van der Waals surface area contributed by atoms with Crippen LogP contribution in [0.3, 0.4) is 0 Å². The maximum atomic E-state index is 3.77. The van der Waals surface area contributed by atoms with Crippen molar-refractivity contribution in [1.82, 2.24) is 0 Å². The Morgan fingerprint density at radius 1 is 1.64 bits per heavy atom. The number of hydrogen-bond acceptors (Lipinski definition) is 0. The van der Waals surface area contributed by atoms with Gasteiger partial charge in [-0.3, -0.25) is 0 Å². The first kappa shape index (κ1) is 8.36. The van der Waals surface area contributed by atoms with Gasteiger partial charge in [0, 0.05) is 5.92 Å². The molecular weight excluding hydrogens is 132 g/mol. The third-order valence-electron chi connectivity index (χ3n) is 1.83. The van der Waals surface area contributed by atoms with Crippen molar-refractivity contribution in [3.63, 3.8) is 0 Å². The van der Waals surface area contributed by atoms with E-state index in [4.69, 9.17) is 0 Å². The third-order valence-corrected chi connectivity index (χ3v) is 1.83. The van der Waals surface area contributed by atoms with Crippen molar-refractivity contribution >= 4 is 0 Å². The normalized spacial score (nSPS) is 22.5. The first-order chi connectivity index (χ1) is 5.03. The van der Waals surface area contributed by atoms with Crippen LogP contribution in [0, 0.1) is 11.3 Å². The van der Waals surface area contributed by atoms with E-state index in [9.17, 15) is 0 Å². The van der Waals surface area contributed by atoms with Crippen LogP contribution in [-0.4, -0.2) is 0 Å². The monoisotopic (exact) mass is 148 g/mol. The summed E-state index contributed by atoms with van der Waals surface area (Å²) in [4.78, 5) is 0. The van der Waals surface area contributed by atoms with E-state index in [0.717, 1.165) is 6.42 Å². The minimum absolute atomic E-state index is 0.387. The van der Waals surface area contributed by atoms with Gasteiger partial charge in [0.15, 0.2) is 0 Å². The highest BCUT2D eigenvalue weighted by Gasteiger charge is 2.20.